The van der Waals surface area contributed by atoms with Gasteiger partial charge in [0, 0.05) is 52.6 Å². The van der Waals surface area contributed by atoms with Crippen LogP contribution in [0.25, 0.3) is 11.5 Å². The van der Waals surface area contributed by atoms with Gasteiger partial charge in [-0.1, -0.05) is 13.3 Å². The van der Waals surface area contributed by atoms with Gasteiger partial charge in [-0.05, 0) is 6.42 Å². The molecule has 31 heavy (non-hydrogen) atoms. The van der Waals surface area contributed by atoms with Gasteiger partial charge in [0.15, 0.2) is 11.6 Å². The van der Waals surface area contributed by atoms with Gasteiger partial charge in [-0.25, -0.2) is 14.6 Å². The molecule has 3 heterocycles. The van der Waals surface area contributed by atoms with E-state index in [0.717, 1.165) is 76.6 Å². The van der Waals surface area contributed by atoms with Crippen molar-refractivity contribution in [3.05, 3.63) is 17.8 Å². The first-order valence-corrected chi connectivity index (χ1v) is 10.0. The van der Waals surface area contributed by atoms with Gasteiger partial charge in [0.25, 0.3) is 11.9 Å². The maximum atomic E-state index is 11.1. The summed E-state index contributed by atoms with van der Waals surface area (Å²) >= 11 is 0. The van der Waals surface area contributed by atoms with E-state index in [-0.39, 0.29) is 6.42 Å². The van der Waals surface area contributed by atoms with Crippen molar-refractivity contribution in [1.82, 2.24) is 29.6 Å². The van der Waals surface area contributed by atoms with E-state index < -0.39 is 17.8 Å². The molecule has 2 aromatic rings. The van der Waals surface area contributed by atoms with Gasteiger partial charge in [0.1, 0.15) is 11.5 Å². The lowest BCUT2D eigenvalue weighted by atomic mass is 10.3. The van der Waals surface area contributed by atoms with Crippen molar-refractivity contribution in [2.24, 2.45) is 5.73 Å². The maximum absolute atomic E-state index is 11.1. The molecule has 2 aromatic heterocycles. The largest absolute Gasteiger partial charge is 0.481 e. The number of fused-ring (bicyclic) bond motifs is 1. The average Bonchev–Trinajstić information content (AvgIpc) is 3.16. The standard InChI is InChI=1S/C15H23N7O.2C2H4O2/c1-2-3-7-22-15(19-13(20-22)9-12(16)23)11-10-21-8-6-17-5-4-14(21)18-11;2*1-2(3)4/h10,17H,2-9H2,1H3,(H2,16,23);2*1H3,(H,3,4). The Balaban J connectivity index is 0.000000519. The van der Waals surface area contributed by atoms with Gasteiger partial charge in [-0.15, -0.1) is 0 Å². The van der Waals surface area contributed by atoms with Crippen LogP contribution < -0.4 is 11.1 Å². The van der Waals surface area contributed by atoms with Crippen LogP contribution in [0, 0.1) is 0 Å². The summed E-state index contributed by atoms with van der Waals surface area (Å²) in [6, 6.07) is 0. The Kier molecular flexibility index (Phi) is 10.9. The third-order valence-electron chi connectivity index (χ3n) is 3.91. The molecule has 0 radical (unpaired) electrons. The zero-order valence-corrected chi connectivity index (χ0v) is 18.2. The predicted octanol–water partition coefficient (Wildman–Crippen LogP) is 0.297. The second-order valence-electron chi connectivity index (χ2n) is 6.85. The van der Waals surface area contributed by atoms with Gasteiger partial charge in [-0.2, -0.15) is 5.10 Å². The Hall–Kier alpha value is -3.28. The molecule has 5 N–H and O–H groups in total. The van der Waals surface area contributed by atoms with E-state index in [1.807, 2.05) is 10.9 Å². The molecule has 1 aliphatic rings. The highest BCUT2D eigenvalue weighted by atomic mass is 16.4. The van der Waals surface area contributed by atoms with E-state index in [2.05, 4.69) is 26.9 Å². The first kappa shape index (κ1) is 25.8. The molecule has 0 unspecified atom stereocenters. The minimum Gasteiger partial charge on any atom is -0.481 e. The summed E-state index contributed by atoms with van der Waals surface area (Å²) in [6.07, 6.45) is 5.06. The number of nitrogens with one attached hydrogen (secondary N) is 1. The smallest absolute Gasteiger partial charge is 0.300 e. The number of unbranched alkanes of at least 4 members (excludes halogenated alkanes) is 1. The molecule has 0 fully saturated rings. The van der Waals surface area contributed by atoms with E-state index in [0.29, 0.717) is 5.82 Å². The third kappa shape index (κ3) is 9.85. The number of carbonyl (C=O) groups excluding carboxylic acids is 1. The first-order chi connectivity index (χ1) is 14.6. The number of carbonyl (C=O) groups is 3. The average molecular weight is 438 g/mol. The molecule has 1 amide bonds. The van der Waals surface area contributed by atoms with Gasteiger partial charge in [0.2, 0.25) is 5.91 Å². The Labute approximate surface area is 180 Å². The number of rotatable bonds is 6. The summed E-state index contributed by atoms with van der Waals surface area (Å²) in [4.78, 5) is 38.4. The van der Waals surface area contributed by atoms with Crippen LogP contribution in [-0.4, -0.2) is 65.5 Å². The first-order valence-electron chi connectivity index (χ1n) is 10.0. The molecular weight excluding hydrogens is 406 g/mol. The predicted molar refractivity (Wildman–Crippen MR) is 112 cm³/mol. The van der Waals surface area contributed by atoms with Gasteiger partial charge in [0.05, 0.1) is 6.42 Å². The van der Waals surface area contributed by atoms with E-state index in [4.69, 9.17) is 30.5 Å². The fraction of sp³-hybridized carbons (Fsp3) is 0.579. The SMILES string of the molecule is CC(=O)O.CC(=O)O.CCCCn1nc(CC(N)=O)nc1-c1cn2c(n1)CCNCC2. The van der Waals surface area contributed by atoms with Crippen molar-refractivity contribution in [2.45, 2.75) is 59.5 Å². The van der Waals surface area contributed by atoms with Crippen LogP contribution in [-0.2, 0) is 40.3 Å². The number of aryl methyl sites for hydroxylation is 1. The lowest BCUT2D eigenvalue weighted by molar-refractivity contribution is -0.135. The lowest BCUT2D eigenvalue weighted by Gasteiger charge is -2.02. The summed E-state index contributed by atoms with van der Waals surface area (Å²) < 4.78 is 4.02. The van der Waals surface area contributed by atoms with Crippen molar-refractivity contribution in [3.63, 3.8) is 0 Å². The molecule has 0 saturated heterocycles. The number of nitrogens with two attached hydrogens (primary N) is 1. The van der Waals surface area contributed by atoms with Crippen molar-refractivity contribution >= 4 is 17.8 Å². The Morgan fingerprint density at radius 2 is 1.81 bits per heavy atom. The van der Waals surface area contributed by atoms with Crippen LogP contribution >= 0.6 is 0 Å². The molecule has 0 bridgehead atoms. The normalized spacial score (nSPS) is 12.4. The number of primary amides is 1. The molecule has 1 aliphatic heterocycles. The lowest BCUT2D eigenvalue weighted by Crippen LogP contribution is -2.17. The number of carboxylic acids is 2. The Morgan fingerprint density at radius 1 is 1.16 bits per heavy atom. The number of imidazole rings is 1. The van der Waals surface area contributed by atoms with E-state index in [1.54, 1.807) is 0 Å². The number of aliphatic carboxylic acids is 2. The second-order valence-corrected chi connectivity index (χ2v) is 6.85. The van der Waals surface area contributed by atoms with Crippen LogP contribution in [0.2, 0.25) is 0 Å². The van der Waals surface area contributed by atoms with Crippen molar-refractivity contribution in [3.8, 4) is 11.5 Å². The summed E-state index contributed by atoms with van der Waals surface area (Å²) in [5.74, 6) is 0.166. The minimum atomic E-state index is -0.833. The number of amides is 1. The monoisotopic (exact) mass is 437 g/mol. The van der Waals surface area contributed by atoms with Crippen LogP contribution in [0.1, 0.15) is 45.3 Å². The molecule has 0 atom stereocenters. The minimum absolute atomic E-state index is 0.0591. The molecule has 0 aliphatic carbocycles. The van der Waals surface area contributed by atoms with E-state index in [1.165, 1.54) is 0 Å². The topological polar surface area (TPSA) is 178 Å². The van der Waals surface area contributed by atoms with Crippen LogP contribution in [0.5, 0.6) is 0 Å². The maximum Gasteiger partial charge on any atom is 0.300 e. The van der Waals surface area contributed by atoms with Crippen LogP contribution in [0.15, 0.2) is 6.20 Å². The Morgan fingerprint density at radius 3 is 2.39 bits per heavy atom. The molecule has 3 rings (SSSR count). The second kappa shape index (κ2) is 13.1. The van der Waals surface area contributed by atoms with Crippen molar-refractivity contribution in [1.29, 1.82) is 0 Å². The highest BCUT2D eigenvalue weighted by molar-refractivity contribution is 5.75. The van der Waals surface area contributed by atoms with E-state index in [9.17, 15) is 4.79 Å². The summed E-state index contributed by atoms with van der Waals surface area (Å²) in [7, 11) is 0. The number of aromatic nitrogens is 5. The summed E-state index contributed by atoms with van der Waals surface area (Å²) in [5, 5.41) is 22.6. The number of hydrogen-bond donors (Lipinski definition) is 4. The molecule has 0 saturated carbocycles. The molecular formula is C19H31N7O5. The molecule has 12 heteroatoms. The third-order valence-corrected chi connectivity index (χ3v) is 3.91. The van der Waals surface area contributed by atoms with Gasteiger partial charge >= 0.3 is 0 Å². The van der Waals surface area contributed by atoms with Crippen molar-refractivity contribution < 1.29 is 24.6 Å². The molecule has 0 spiro atoms. The van der Waals surface area contributed by atoms with Gasteiger partial charge in [-0.3, -0.25) is 14.4 Å². The van der Waals surface area contributed by atoms with E-state index >= 15 is 0 Å². The molecule has 0 aromatic carbocycles. The van der Waals surface area contributed by atoms with Crippen LogP contribution in [0.3, 0.4) is 0 Å². The highest BCUT2D eigenvalue weighted by Crippen LogP contribution is 2.19. The Bertz CT molecular complexity index is 832. The summed E-state index contributed by atoms with van der Waals surface area (Å²) in [6.45, 7) is 7.85. The number of carboxylic acid groups (broad SMARTS) is 2. The molecule has 12 nitrogen and oxygen atoms in total. The molecule has 172 valence electrons. The summed E-state index contributed by atoms with van der Waals surface area (Å²) in [5.41, 5.74) is 6.09. The highest BCUT2D eigenvalue weighted by Gasteiger charge is 2.18. The quantitative estimate of drug-likeness (QED) is 0.494. The van der Waals surface area contributed by atoms with Crippen molar-refractivity contribution in [2.75, 3.05) is 13.1 Å². The zero-order chi connectivity index (χ0) is 23.4. The fourth-order valence-electron chi connectivity index (χ4n) is 2.75. The zero-order valence-electron chi connectivity index (χ0n) is 18.2. The van der Waals surface area contributed by atoms with Crippen LogP contribution in [0.4, 0.5) is 0 Å². The number of hydrogen-bond acceptors (Lipinski definition) is 7. The fourth-order valence-corrected chi connectivity index (χ4v) is 2.75. The van der Waals surface area contributed by atoms with Gasteiger partial charge < -0.3 is 25.8 Å². The number of nitrogens with zero attached hydrogens (tertiary/aromatic N) is 5.